The average Bonchev–Trinajstić information content (AvgIpc) is 2.77. The monoisotopic (exact) mass is 213 g/mol. The van der Waals surface area contributed by atoms with E-state index < -0.39 is 11.4 Å². The number of carbonyl (C=O) groups excluding carboxylic acids is 1. The van der Waals surface area contributed by atoms with Crippen molar-refractivity contribution in [3.8, 4) is 0 Å². The minimum atomic E-state index is -0.793. The fourth-order valence-electron chi connectivity index (χ4n) is 2.77. The maximum Gasteiger partial charge on any atom is 0.310 e. The molecule has 0 aromatic heterocycles. The third-order valence-corrected chi connectivity index (χ3v) is 3.85. The van der Waals surface area contributed by atoms with Crippen molar-refractivity contribution in [2.45, 2.75) is 39.2 Å². The Morgan fingerprint density at radius 3 is 2.53 bits per heavy atom. The molecule has 0 aliphatic heterocycles. The van der Waals surface area contributed by atoms with E-state index in [0.717, 1.165) is 19.1 Å². The van der Waals surface area contributed by atoms with Gasteiger partial charge in [0.25, 0.3) is 0 Å². The Morgan fingerprint density at radius 1 is 1.67 bits per heavy atom. The molecule has 0 radical (unpaired) electrons. The molecule has 4 nitrogen and oxygen atoms in total. The SMILES string of the molecule is CCCC1(C(C=O)NC)CC1(C)C(=O)O. The van der Waals surface area contributed by atoms with Crippen LogP contribution in [0.1, 0.15) is 33.1 Å². The van der Waals surface area contributed by atoms with E-state index >= 15 is 0 Å². The van der Waals surface area contributed by atoms with Gasteiger partial charge in [0.2, 0.25) is 0 Å². The molecule has 15 heavy (non-hydrogen) atoms. The summed E-state index contributed by atoms with van der Waals surface area (Å²) in [6.45, 7) is 3.75. The van der Waals surface area contributed by atoms with E-state index in [9.17, 15) is 14.7 Å². The molecule has 0 amide bonds. The summed E-state index contributed by atoms with van der Waals surface area (Å²) < 4.78 is 0. The van der Waals surface area contributed by atoms with E-state index in [2.05, 4.69) is 5.32 Å². The van der Waals surface area contributed by atoms with Crippen molar-refractivity contribution in [1.82, 2.24) is 5.32 Å². The Labute approximate surface area is 90.0 Å². The molecule has 0 saturated heterocycles. The molecule has 1 saturated carbocycles. The first-order valence-electron chi connectivity index (χ1n) is 5.34. The largest absolute Gasteiger partial charge is 0.481 e. The summed E-state index contributed by atoms with van der Waals surface area (Å²) in [6.07, 6.45) is 3.10. The highest BCUT2D eigenvalue weighted by Gasteiger charge is 2.71. The topological polar surface area (TPSA) is 66.4 Å². The van der Waals surface area contributed by atoms with Gasteiger partial charge in [-0.15, -0.1) is 0 Å². The summed E-state index contributed by atoms with van der Waals surface area (Å²) in [6, 6.07) is -0.349. The molecule has 86 valence electrons. The average molecular weight is 213 g/mol. The Kier molecular flexibility index (Phi) is 3.19. The normalized spacial score (nSPS) is 35.9. The number of rotatable bonds is 6. The molecule has 1 fully saturated rings. The number of carboxylic acid groups (broad SMARTS) is 1. The van der Waals surface area contributed by atoms with E-state index in [1.54, 1.807) is 14.0 Å². The van der Waals surface area contributed by atoms with Gasteiger partial charge in [0.15, 0.2) is 0 Å². The highest BCUT2D eigenvalue weighted by molar-refractivity contribution is 5.82. The fraction of sp³-hybridized carbons (Fsp3) is 0.818. The van der Waals surface area contributed by atoms with Gasteiger partial charge in [0.1, 0.15) is 6.29 Å². The van der Waals surface area contributed by atoms with Gasteiger partial charge < -0.3 is 15.2 Å². The van der Waals surface area contributed by atoms with Crippen LogP contribution >= 0.6 is 0 Å². The fourth-order valence-corrected chi connectivity index (χ4v) is 2.77. The van der Waals surface area contributed by atoms with Crippen LogP contribution in [0.3, 0.4) is 0 Å². The molecule has 0 spiro atoms. The summed E-state index contributed by atoms with van der Waals surface area (Å²) in [4.78, 5) is 22.1. The second kappa shape index (κ2) is 3.93. The highest BCUT2D eigenvalue weighted by Crippen LogP contribution is 2.67. The van der Waals surface area contributed by atoms with E-state index in [1.807, 2.05) is 6.92 Å². The molecule has 0 aromatic rings. The van der Waals surface area contributed by atoms with Crippen molar-refractivity contribution in [3.05, 3.63) is 0 Å². The number of aldehydes is 1. The van der Waals surface area contributed by atoms with Crippen molar-refractivity contribution in [3.63, 3.8) is 0 Å². The van der Waals surface area contributed by atoms with Gasteiger partial charge in [-0.1, -0.05) is 13.3 Å². The van der Waals surface area contributed by atoms with Gasteiger partial charge in [-0.25, -0.2) is 0 Å². The molecular weight excluding hydrogens is 194 g/mol. The first kappa shape index (κ1) is 12.2. The Bertz CT molecular complexity index is 279. The molecule has 1 rings (SSSR count). The number of hydrogen-bond donors (Lipinski definition) is 2. The lowest BCUT2D eigenvalue weighted by Gasteiger charge is -2.25. The minimum absolute atomic E-state index is 0.349. The number of hydrogen-bond acceptors (Lipinski definition) is 3. The highest BCUT2D eigenvalue weighted by atomic mass is 16.4. The zero-order chi connectivity index (χ0) is 11.7. The molecule has 1 aliphatic carbocycles. The number of nitrogens with one attached hydrogen (secondary N) is 1. The van der Waals surface area contributed by atoms with Crippen LogP contribution in [0.15, 0.2) is 0 Å². The zero-order valence-electron chi connectivity index (χ0n) is 9.54. The Hall–Kier alpha value is -0.900. The smallest absolute Gasteiger partial charge is 0.310 e. The van der Waals surface area contributed by atoms with Crippen molar-refractivity contribution in [2.24, 2.45) is 10.8 Å². The zero-order valence-corrected chi connectivity index (χ0v) is 9.54. The molecule has 3 atom stereocenters. The standard InChI is InChI=1S/C11H19NO3/c1-4-5-11(8(6-13)12-3)7-10(11,2)9(14)15/h6,8,12H,4-5,7H2,1-3H3,(H,14,15). The van der Waals surface area contributed by atoms with Crippen molar-refractivity contribution < 1.29 is 14.7 Å². The van der Waals surface area contributed by atoms with Crippen LogP contribution in [-0.4, -0.2) is 30.5 Å². The molecule has 0 bridgehead atoms. The second-order valence-electron chi connectivity index (χ2n) is 4.62. The maximum absolute atomic E-state index is 11.2. The third-order valence-electron chi connectivity index (χ3n) is 3.85. The predicted molar refractivity (Wildman–Crippen MR) is 56.6 cm³/mol. The third kappa shape index (κ3) is 1.57. The summed E-state index contributed by atoms with van der Waals surface area (Å²) in [5.41, 5.74) is -1.12. The van der Waals surface area contributed by atoms with E-state index in [1.165, 1.54) is 0 Å². The molecule has 0 heterocycles. The van der Waals surface area contributed by atoms with Crippen molar-refractivity contribution in [2.75, 3.05) is 7.05 Å². The lowest BCUT2D eigenvalue weighted by Crippen LogP contribution is -2.41. The molecule has 2 N–H and O–H groups in total. The summed E-state index contributed by atoms with van der Waals surface area (Å²) in [7, 11) is 1.71. The van der Waals surface area contributed by atoms with E-state index in [4.69, 9.17) is 0 Å². The molecule has 3 unspecified atom stereocenters. The van der Waals surface area contributed by atoms with Crippen LogP contribution < -0.4 is 5.32 Å². The van der Waals surface area contributed by atoms with Gasteiger partial charge in [-0.05, 0) is 26.8 Å². The predicted octanol–water partition coefficient (Wildman–Crippen LogP) is 1.05. The minimum Gasteiger partial charge on any atom is -0.481 e. The number of carbonyl (C=O) groups is 2. The first-order valence-corrected chi connectivity index (χ1v) is 5.34. The van der Waals surface area contributed by atoms with E-state index in [-0.39, 0.29) is 11.5 Å². The van der Waals surface area contributed by atoms with Crippen LogP contribution in [0.5, 0.6) is 0 Å². The lowest BCUT2D eigenvalue weighted by molar-refractivity contribution is -0.144. The molecule has 1 aliphatic rings. The molecule has 0 aromatic carbocycles. The van der Waals surface area contributed by atoms with Gasteiger partial charge in [0, 0.05) is 5.41 Å². The lowest BCUT2D eigenvalue weighted by atomic mass is 9.83. The molecular formula is C11H19NO3. The van der Waals surface area contributed by atoms with Crippen LogP contribution in [0, 0.1) is 10.8 Å². The van der Waals surface area contributed by atoms with Gasteiger partial charge in [-0.2, -0.15) is 0 Å². The van der Waals surface area contributed by atoms with E-state index in [0.29, 0.717) is 6.42 Å². The Balaban J connectivity index is 2.94. The number of carboxylic acids is 1. The van der Waals surface area contributed by atoms with Crippen LogP contribution in [0.4, 0.5) is 0 Å². The van der Waals surface area contributed by atoms with Crippen LogP contribution in [-0.2, 0) is 9.59 Å². The van der Waals surface area contributed by atoms with Crippen molar-refractivity contribution >= 4 is 12.3 Å². The first-order chi connectivity index (χ1) is 6.98. The summed E-state index contributed by atoms with van der Waals surface area (Å²) >= 11 is 0. The second-order valence-corrected chi connectivity index (χ2v) is 4.62. The van der Waals surface area contributed by atoms with Gasteiger partial charge >= 0.3 is 5.97 Å². The molecule has 4 heteroatoms. The van der Waals surface area contributed by atoms with Gasteiger partial charge in [-0.3, -0.25) is 4.79 Å². The van der Waals surface area contributed by atoms with Crippen LogP contribution in [0.2, 0.25) is 0 Å². The summed E-state index contributed by atoms with van der Waals surface area (Å²) in [5.74, 6) is -0.793. The van der Waals surface area contributed by atoms with Gasteiger partial charge in [0.05, 0.1) is 11.5 Å². The number of likely N-dealkylation sites (N-methyl/N-ethyl adjacent to an activating group) is 1. The Morgan fingerprint density at radius 2 is 2.27 bits per heavy atom. The quantitative estimate of drug-likeness (QED) is 0.647. The summed E-state index contributed by atoms with van der Waals surface area (Å²) in [5, 5.41) is 12.1. The van der Waals surface area contributed by atoms with Crippen molar-refractivity contribution in [1.29, 1.82) is 0 Å². The maximum atomic E-state index is 11.2. The van der Waals surface area contributed by atoms with Crippen LogP contribution in [0.25, 0.3) is 0 Å². The number of aliphatic carboxylic acids is 1.